The lowest BCUT2D eigenvalue weighted by molar-refractivity contribution is 0.0918. The number of ether oxygens (including phenoxy) is 2. The highest BCUT2D eigenvalue weighted by molar-refractivity contribution is 5.19. The van der Waals surface area contributed by atoms with Crippen molar-refractivity contribution >= 4 is 0 Å². The molecule has 0 aliphatic carbocycles. The molecule has 0 radical (unpaired) electrons. The first-order valence-electron chi connectivity index (χ1n) is 4.57. The van der Waals surface area contributed by atoms with Crippen LogP contribution >= 0.6 is 0 Å². The van der Waals surface area contributed by atoms with E-state index in [2.05, 4.69) is 4.98 Å². The van der Waals surface area contributed by atoms with Crippen LogP contribution in [0.15, 0.2) is 18.3 Å². The third-order valence-corrected chi connectivity index (χ3v) is 1.75. The van der Waals surface area contributed by atoms with E-state index >= 15 is 0 Å². The summed E-state index contributed by atoms with van der Waals surface area (Å²) in [5.41, 5.74) is 6.28. The van der Waals surface area contributed by atoms with E-state index < -0.39 is 0 Å². The van der Waals surface area contributed by atoms with Crippen molar-refractivity contribution in [2.75, 3.05) is 13.7 Å². The first-order chi connectivity index (χ1) is 6.76. The van der Waals surface area contributed by atoms with Gasteiger partial charge in [-0.15, -0.1) is 0 Å². The molecule has 0 bridgehead atoms. The molecule has 1 unspecified atom stereocenters. The van der Waals surface area contributed by atoms with E-state index in [0.717, 1.165) is 11.4 Å². The SMILES string of the molecule is COCC(C)Oc1ccc(CN)nc1. The summed E-state index contributed by atoms with van der Waals surface area (Å²) in [5.74, 6) is 0.742. The van der Waals surface area contributed by atoms with Gasteiger partial charge in [-0.2, -0.15) is 0 Å². The zero-order valence-electron chi connectivity index (χ0n) is 8.56. The highest BCUT2D eigenvalue weighted by atomic mass is 16.5. The minimum atomic E-state index is 0.0329. The lowest BCUT2D eigenvalue weighted by Gasteiger charge is -2.13. The monoisotopic (exact) mass is 196 g/mol. The van der Waals surface area contributed by atoms with Crippen LogP contribution in [0.3, 0.4) is 0 Å². The van der Waals surface area contributed by atoms with Gasteiger partial charge in [-0.05, 0) is 19.1 Å². The first-order valence-corrected chi connectivity index (χ1v) is 4.57. The Kier molecular flexibility index (Phi) is 4.35. The molecule has 0 aliphatic heterocycles. The topological polar surface area (TPSA) is 57.4 Å². The molecular weight excluding hydrogens is 180 g/mol. The van der Waals surface area contributed by atoms with Crippen LogP contribution in [0.4, 0.5) is 0 Å². The van der Waals surface area contributed by atoms with Crippen molar-refractivity contribution in [2.24, 2.45) is 5.73 Å². The molecule has 1 rings (SSSR count). The minimum absolute atomic E-state index is 0.0329. The molecule has 1 aromatic rings. The number of hydrogen-bond acceptors (Lipinski definition) is 4. The number of nitrogens with zero attached hydrogens (tertiary/aromatic N) is 1. The lowest BCUT2D eigenvalue weighted by atomic mass is 10.3. The molecule has 0 amide bonds. The quantitative estimate of drug-likeness (QED) is 0.762. The van der Waals surface area contributed by atoms with Crippen molar-refractivity contribution in [3.05, 3.63) is 24.0 Å². The molecule has 0 fully saturated rings. The molecule has 2 N–H and O–H groups in total. The summed E-state index contributed by atoms with van der Waals surface area (Å²) in [4.78, 5) is 4.12. The van der Waals surface area contributed by atoms with Gasteiger partial charge in [0.25, 0.3) is 0 Å². The summed E-state index contributed by atoms with van der Waals surface area (Å²) in [6.45, 7) is 2.97. The highest BCUT2D eigenvalue weighted by Crippen LogP contribution is 2.10. The van der Waals surface area contributed by atoms with E-state index in [4.69, 9.17) is 15.2 Å². The van der Waals surface area contributed by atoms with Crippen LogP contribution in [0.5, 0.6) is 5.75 Å². The van der Waals surface area contributed by atoms with Gasteiger partial charge in [0.2, 0.25) is 0 Å². The second-order valence-electron chi connectivity index (χ2n) is 3.07. The molecule has 78 valence electrons. The van der Waals surface area contributed by atoms with Gasteiger partial charge in [-0.3, -0.25) is 4.98 Å². The van der Waals surface area contributed by atoms with Crippen molar-refractivity contribution in [3.8, 4) is 5.75 Å². The van der Waals surface area contributed by atoms with Crippen LogP contribution in [0.2, 0.25) is 0 Å². The molecule has 4 heteroatoms. The highest BCUT2D eigenvalue weighted by Gasteiger charge is 2.03. The average Bonchev–Trinajstić information content (AvgIpc) is 2.19. The van der Waals surface area contributed by atoms with Gasteiger partial charge in [-0.25, -0.2) is 0 Å². The Labute approximate surface area is 84.0 Å². The molecule has 1 heterocycles. The van der Waals surface area contributed by atoms with Gasteiger partial charge in [-0.1, -0.05) is 0 Å². The Morgan fingerprint density at radius 2 is 2.29 bits per heavy atom. The van der Waals surface area contributed by atoms with Crippen LogP contribution in [0, 0.1) is 0 Å². The van der Waals surface area contributed by atoms with E-state index in [1.165, 1.54) is 0 Å². The first kappa shape index (κ1) is 10.9. The standard InChI is InChI=1S/C10H16N2O2/c1-8(7-13-2)14-10-4-3-9(5-11)12-6-10/h3-4,6,8H,5,7,11H2,1-2H3. The van der Waals surface area contributed by atoms with Gasteiger partial charge in [0.1, 0.15) is 11.9 Å². The Balaban J connectivity index is 2.50. The maximum Gasteiger partial charge on any atom is 0.138 e. The zero-order valence-corrected chi connectivity index (χ0v) is 8.56. The third kappa shape index (κ3) is 3.32. The summed E-state index contributed by atoms with van der Waals surface area (Å²) in [5, 5.41) is 0. The minimum Gasteiger partial charge on any atom is -0.487 e. The van der Waals surface area contributed by atoms with Gasteiger partial charge >= 0.3 is 0 Å². The summed E-state index contributed by atoms with van der Waals surface area (Å²) in [7, 11) is 1.65. The predicted octanol–water partition coefficient (Wildman–Crippen LogP) is 0.954. The van der Waals surface area contributed by atoms with Crippen LogP contribution in [0.25, 0.3) is 0 Å². The molecule has 0 spiro atoms. The van der Waals surface area contributed by atoms with Crippen molar-refractivity contribution in [2.45, 2.75) is 19.6 Å². The summed E-state index contributed by atoms with van der Waals surface area (Å²) in [6, 6.07) is 3.72. The number of aromatic nitrogens is 1. The Morgan fingerprint density at radius 3 is 2.79 bits per heavy atom. The molecule has 0 aliphatic rings. The average molecular weight is 196 g/mol. The molecule has 1 atom stereocenters. The fraction of sp³-hybridized carbons (Fsp3) is 0.500. The molecule has 0 aromatic carbocycles. The second kappa shape index (κ2) is 5.57. The van der Waals surface area contributed by atoms with Crippen LogP contribution < -0.4 is 10.5 Å². The van der Waals surface area contributed by atoms with Gasteiger partial charge in [0, 0.05) is 13.7 Å². The van der Waals surface area contributed by atoms with Crippen molar-refractivity contribution in [1.82, 2.24) is 4.98 Å². The van der Waals surface area contributed by atoms with Crippen molar-refractivity contribution in [3.63, 3.8) is 0 Å². The lowest BCUT2D eigenvalue weighted by Crippen LogP contribution is -2.18. The van der Waals surface area contributed by atoms with E-state index in [1.54, 1.807) is 13.3 Å². The summed E-state index contributed by atoms with van der Waals surface area (Å²) < 4.78 is 10.5. The normalized spacial score (nSPS) is 12.5. The number of rotatable bonds is 5. The number of hydrogen-bond donors (Lipinski definition) is 1. The van der Waals surface area contributed by atoms with E-state index in [0.29, 0.717) is 13.2 Å². The predicted molar refractivity (Wildman–Crippen MR) is 54.1 cm³/mol. The van der Waals surface area contributed by atoms with Crippen molar-refractivity contribution < 1.29 is 9.47 Å². The van der Waals surface area contributed by atoms with E-state index in [1.807, 2.05) is 19.1 Å². The summed E-state index contributed by atoms with van der Waals surface area (Å²) in [6.07, 6.45) is 1.71. The Hall–Kier alpha value is -1.13. The second-order valence-corrected chi connectivity index (χ2v) is 3.07. The summed E-state index contributed by atoms with van der Waals surface area (Å²) >= 11 is 0. The third-order valence-electron chi connectivity index (χ3n) is 1.75. The molecule has 0 saturated heterocycles. The van der Waals surface area contributed by atoms with E-state index in [-0.39, 0.29) is 6.10 Å². The van der Waals surface area contributed by atoms with Crippen LogP contribution in [0.1, 0.15) is 12.6 Å². The van der Waals surface area contributed by atoms with E-state index in [9.17, 15) is 0 Å². The van der Waals surface area contributed by atoms with Gasteiger partial charge < -0.3 is 15.2 Å². The van der Waals surface area contributed by atoms with Gasteiger partial charge in [0.15, 0.2) is 0 Å². The zero-order chi connectivity index (χ0) is 10.4. The maximum atomic E-state index is 5.53. The Bertz CT molecular complexity index is 261. The molecule has 1 aromatic heterocycles. The maximum absolute atomic E-state index is 5.53. The smallest absolute Gasteiger partial charge is 0.138 e. The fourth-order valence-electron chi connectivity index (χ4n) is 1.10. The van der Waals surface area contributed by atoms with Crippen LogP contribution in [-0.2, 0) is 11.3 Å². The molecular formula is C10H16N2O2. The number of methoxy groups -OCH3 is 1. The Morgan fingerprint density at radius 1 is 1.50 bits per heavy atom. The fourth-order valence-corrected chi connectivity index (χ4v) is 1.10. The largest absolute Gasteiger partial charge is 0.487 e. The molecule has 14 heavy (non-hydrogen) atoms. The number of pyridine rings is 1. The molecule has 0 saturated carbocycles. The van der Waals surface area contributed by atoms with Crippen LogP contribution in [-0.4, -0.2) is 24.8 Å². The molecule has 4 nitrogen and oxygen atoms in total. The van der Waals surface area contributed by atoms with Crippen molar-refractivity contribution in [1.29, 1.82) is 0 Å². The number of nitrogens with two attached hydrogens (primary N) is 1. The van der Waals surface area contributed by atoms with Gasteiger partial charge in [0.05, 0.1) is 18.5 Å².